The average molecular weight is 227 g/mol. The molecular weight excluding hydrogens is 209 g/mol. The van der Waals surface area contributed by atoms with Crippen LogP contribution in [0.5, 0.6) is 5.75 Å². The minimum Gasteiger partial charge on any atom is -0.493 e. The van der Waals surface area contributed by atoms with Crippen molar-refractivity contribution in [2.75, 3.05) is 13.2 Å². The molecule has 0 aliphatic heterocycles. The van der Waals surface area contributed by atoms with Gasteiger partial charge in [-0.05, 0) is 31.9 Å². The Hall–Kier alpha value is -1.13. The smallest absolute Gasteiger partial charge is 0.126 e. The summed E-state index contributed by atoms with van der Waals surface area (Å²) in [6.45, 7) is 2.21. The van der Waals surface area contributed by atoms with Crippen LogP contribution in [0.3, 0.4) is 0 Å². The van der Waals surface area contributed by atoms with Gasteiger partial charge >= 0.3 is 0 Å². The van der Waals surface area contributed by atoms with E-state index in [1.807, 2.05) is 0 Å². The fraction of sp³-hybridized carbons (Fsp3) is 0.500. The molecule has 0 saturated heterocycles. The summed E-state index contributed by atoms with van der Waals surface area (Å²) in [5.74, 6) is 0.208. The summed E-state index contributed by atoms with van der Waals surface area (Å²) in [4.78, 5) is 0. The van der Waals surface area contributed by atoms with Crippen molar-refractivity contribution in [1.82, 2.24) is 0 Å². The van der Waals surface area contributed by atoms with Gasteiger partial charge in [0.2, 0.25) is 0 Å². The minimum atomic E-state index is -0.564. The first-order valence-corrected chi connectivity index (χ1v) is 5.32. The fourth-order valence-electron chi connectivity index (χ4n) is 1.30. The third-order valence-corrected chi connectivity index (χ3v) is 2.32. The second-order valence-corrected chi connectivity index (χ2v) is 4.22. The first kappa shape index (κ1) is 12.9. The highest BCUT2D eigenvalue weighted by Gasteiger charge is 2.15. The zero-order valence-corrected chi connectivity index (χ0v) is 9.45. The maximum atomic E-state index is 12.8. The zero-order valence-electron chi connectivity index (χ0n) is 9.45. The molecule has 1 aromatic carbocycles. The van der Waals surface area contributed by atoms with Crippen LogP contribution < -0.4 is 10.5 Å². The lowest BCUT2D eigenvalue weighted by molar-refractivity contribution is 0.188. The second kappa shape index (κ2) is 5.82. The molecule has 0 aliphatic carbocycles. The van der Waals surface area contributed by atoms with Crippen molar-refractivity contribution >= 4 is 0 Å². The standard InChI is InChI=1S/C12H18FNO2/c1-12(14,9-15)6-3-7-16-11-5-2-4-10(13)8-11/h2,4-5,8,15H,3,6-7,9,14H2,1H3. The molecule has 0 radical (unpaired) electrons. The summed E-state index contributed by atoms with van der Waals surface area (Å²) in [6, 6.07) is 6.02. The number of rotatable bonds is 6. The van der Waals surface area contributed by atoms with Crippen LogP contribution in [0.4, 0.5) is 4.39 Å². The molecule has 16 heavy (non-hydrogen) atoms. The molecule has 1 aromatic rings. The molecule has 90 valence electrons. The van der Waals surface area contributed by atoms with Gasteiger partial charge in [-0.3, -0.25) is 0 Å². The highest BCUT2D eigenvalue weighted by Crippen LogP contribution is 2.13. The topological polar surface area (TPSA) is 55.5 Å². The van der Waals surface area contributed by atoms with Crippen molar-refractivity contribution in [3.05, 3.63) is 30.1 Å². The summed E-state index contributed by atoms with van der Waals surface area (Å²) in [7, 11) is 0. The van der Waals surface area contributed by atoms with Gasteiger partial charge in [0.1, 0.15) is 11.6 Å². The second-order valence-electron chi connectivity index (χ2n) is 4.22. The van der Waals surface area contributed by atoms with E-state index in [4.69, 9.17) is 15.6 Å². The Morgan fingerprint density at radius 2 is 2.25 bits per heavy atom. The predicted molar refractivity (Wildman–Crippen MR) is 60.8 cm³/mol. The first-order chi connectivity index (χ1) is 7.53. The van der Waals surface area contributed by atoms with E-state index in [2.05, 4.69) is 0 Å². The number of ether oxygens (including phenoxy) is 1. The van der Waals surface area contributed by atoms with E-state index in [9.17, 15) is 4.39 Å². The normalized spacial score (nSPS) is 14.5. The largest absolute Gasteiger partial charge is 0.493 e. The van der Waals surface area contributed by atoms with Crippen molar-refractivity contribution in [2.24, 2.45) is 5.73 Å². The molecule has 3 N–H and O–H groups in total. The van der Waals surface area contributed by atoms with Crippen molar-refractivity contribution < 1.29 is 14.2 Å². The van der Waals surface area contributed by atoms with Crippen LogP contribution in [0.25, 0.3) is 0 Å². The molecule has 0 saturated carbocycles. The molecule has 0 amide bonds. The Morgan fingerprint density at radius 3 is 2.88 bits per heavy atom. The lowest BCUT2D eigenvalue weighted by Crippen LogP contribution is -2.40. The zero-order chi connectivity index (χ0) is 12.0. The van der Waals surface area contributed by atoms with Gasteiger partial charge in [0.15, 0.2) is 0 Å². The fourth-order valence-corrected chi connectivity index (χ4v) is 1.30. The van der Waals surface area contributed by atoms with E-state index in [1.165, 1.54) is 12.1 Å². The van der Waals surface area contributed by atoms with Gasteiger partial charge in [0, 0.05) is 11.6 Å². The summed E-state index contributed by atoms with van der Waals surface area (Å²) < 4.78 is 18.1. The van der Waals surface area contributed by atoms with Crippen molar-refractivity contribution in [3.8, 4) is 5.75 Å². The van der Waals surface area contributed by atoms with E-state index in [1.54, 1.807) is 19.1 Å². The van der Waals surface area contributed by atoms with E-state index < -0.39 is 5.54 Å². The van der Waals surface area contributed by atoms with Gasteiger partial charge < -0.3 is 15.6 Å². The number of aliphatic hydroxyl groups excluding tert-OH is 1. The first-order valence-electron chi connectivity index (χ1n) is 5.32. The van der Waals surface area contributed by atoms with E-state index in [0.29, 0.717) is 18.8 Å². The minimum absolute atomic E-state index is 0.0486. The Bertz CT molecular complexity index is 329. The molecular formula is C12H18FNO2. The van der Waals surface area contributed by atoms with Gasteiger partial charge in [-0.2, -0.15) is 0 Å². The number of halogens is 1. The van der Waals surface area contributed by atoms with Gasteiger partial charge in [-0.25, -0.2) is 4.39 Å². The van der Waals surface area contributed by atoms with Gasteiger partial charge in [0.25, 0.3) is 0 Å². The molecule has 4 heteroatoms. The van der Waals surface area contributed by atoms with E-state index in [0.717, 1.165) is 6.42 Å². The van der Waals surface area contributed by atoms with Crippen LogP contribution >= 0.6 is 0 Å². The Morgan fingerprint density at radius 1 is 1.50 bits per heavy atom. The summed E-state index contributed by atoms with van der Waals surface area (Å²) in [5.41, 5.74) is 5.19. The van der Waals surface area contributed by atoms with Crippen LogP contribution in [0.1, 0.15) is 19.8 Å². The molecule has 1 unspecified atom stereocenters. The van der Waals surface area contributed by atoms with Crippen molar-refractivity contribution in [1.29, 1.82) is 0 Å². The molecule has 1 atom stereocenters. The van der Waals surface area contributed by atoms with Crippen LogP contribution in [0.2, 0.25) is 0 Å². The van der Waals surface area contributed by atoms with Crippen LogP contribution in [0, 0.1) is 5.82 Å². The van der Waals surface area contributed by atoms with Gasteiger partial charge in [0.05, 0.1) is 13.2 Å². The number of hydrogen-bond acceptors (Lipinski definition) is 3. The Balaban J connectivity index is 2.26. The summed E-state index contributed by atoms with van der Waals surface area (Å²) >= 11 is 0. The van der Waals surface area contributed by atoms with Crippen LogP contribution in [-0.4, -0.2) is 23.9 Å². The third kappa shape index (κ3) is 4.59. The van der Waals surface area contributed by atoms with Crippen LogP contribution in [0.15, 0.2) is 24.3 Å². The van der Waals surface area contributed by atoms with E-state index >= 15 is 0 Å². The predicted octanol–water partition coefficient (Wildman–Crippen LogP) is 1.69. The highest BCUT2D eigenvalue weighted by molar-refractivity contribution is 5.22. The maximum absolute atomic E-state index is 12.8. The maximum Gasteiger partial charge on any atom is 0.126 e. The average Bonchev–Trinajstić information content (AvgIpc) is 2.25. The molecule has 3 nitrogen and oxygen atoms in total. The third-order valence-electron chi connectivity index (χ3n) is 2.32. The van der Waals surface area contributed by atoms with Crippen molar-refractivity contribution in [3.63, 3.8) is 0 Å². The molecule has 0 fully saturated rings. The Labute approximate surface area is 95.0 Å². The number of benzene rings is 1. The lowest BCUT2D eigenvalue weighted by Gasteiger charge is -2.21. The van der Waals surface area contributed by atoms with Crippen molar-refractivity contribution in [2.45, 2.75) is 25.3 Å². The van der Waals surface area contributed by atoms with E-state index in [-0.39, 0.29) is 12.4 Å². The SMILES string of the molecule is CC(N)(CO)CCCOc1cccc(F)c1. The monoisotopic (exact) mass is 227 g/mol. The molecule has 0 aromatic heterocycles. The quantitative estimate of drug-likeness (QED) is 0.727. The molecule has 0 aliphatic rings. The molecule has 0 bridgehead atoms. The van der Waals surface area contributed by atoms with Gasteiger partial charge in [-0.15, -0.1) is 0 Å². The number of hydrogen-bond donors (Lipinski definition) is 2. The number of nitrogens with two attached hydrogens (primary N) is 1. The molecule has 1 rings (SSSR count). The summed E-state index contributed by atoms with van der Waals surface area (Å²) in [6.07, 6.45) is 1.39. The summed E-state index contributed by atoms with van der Waals surface area (Å²) in [5, 5.41) is 8.93. The highest BCUT2D eigenvalue weighted by atomic mass is 19.1. The lowest BCUT2D eigenvalue weighted by atomic mass is 9.99. The number of aliphatic hydroxyl groups is 1. The molecule has 0 heterocycles. The van der Waals surface area contributed by atoms with Crippen LogP contribution in [-0.2, 0) is 0 Å². The Kier molecular flexibility index (Phi) is 4.71. The molecule has 0 spiro atoms. The van der Waals surface area contributed by atoms with Gasteiger partial charge in [-0.1, -0.05) is 6.07 Å².